The number of nitrogens with one attached hydrogen (secondary N) is 1. The highest BCUT2D eigenvalue weighted by Crippen LogP contribution is 2.12. The van der Waals surface area contributed by atoms with Crippen LogP contribution in [0.25, 0.3) is 0 Å². The summed E-state index contributed by atoms with van der Waals surface area (Å²) in [6.45, 7) is 5.99. The van der Waals surface area contributed by atoms with Crippen LogP contribution < -0.4 is 5.32 Å². The van der Waals surface area contributed by atoms with Gasteiger partial charge in [-0.25, -0.2) is 4.98 Å². The third-order valence-corrected chi connectivity index (χ3v) is 3.60. The molecule has 2 rings (SSSR count). The molecule has 1 aliphatic heterocycles. The van der Waals surface area contributed by atoms with Gasteiger partial charge in [0.25, 0.3) is 0 Å². The van der Waals surface area contributed by atoms with Crippen LogP contribution >= 0.6 is 11.3 Å². The summed E-state index contributed by atoms with van der Waals surface area (Å²) in [5.41, 5.74) is 0. The van der Waals surface area contributed by atoms with E-state index in [2.05, 4.69) is 17.2 Å². The lowest BCUT2D eigenvalue weighted by molar-refractivity contribution is -0.0864. The minimum Gasteiger partial charge on any atom is -0.376 e. The van der Waals surface area contributed by atoms with Crippen LogP contribution in [0.15, 0.2) is 6.20 Å². The Hall–Kier alpha value is -0.490. The Kier molecular flexibility index (Phi) is 4.71. The van der Waals surface area contributed by atoms with E-state index >= 15 is 0 Å². The van der Waals surface area contributed by atoms with Gasteiger partial charge in [0.15, 0.2) is 0 Å². The average Bonchev–Trinajstić information content (AvgIpc) is 2.78. The topological polar surface area (TPSA) is 43.4 Å². The molecule has 1 saturated heterocycles. The second-order valence-corrected chi connectivity index (χ2v) is 4.97. The third kappa shape index (κ3) is 3.52. The molecule has 90 valence electrons. The predicted molar refractivity (Wildman–Crippen MR) is 63.8 cm³/mol. The number of rotatable bonds is 5. The van der Waals surface area contributed by atoms with Crippen molar-refractivity contribution in [1.82, 2.24) is 10.3 Å². The summed E-state index contributed by atoms with van der Waals surface area (Å²) in [7, 11) is 0. The van der Waals surface area contributed by atoms with Crippen molar-refractivity contribution >= 4 is 11.3 Å². The molecule has 0 bridgehead atoms. The zero-order valence-corrected chi connectivity index (χ0v) is 10.4. The monoisotopic (exact) mass is 242 g/mol. The first-order chi connectivity index (χ1) is 7.88. The molecule has 0 saturated carbocycles. The molecule has 0 spiro atoms. The second kappa shape index (κ2) is 6.30. The summed E-state index contributed by atoms with van der Waals surface area (Å²) in [5.74, 6) is 0. The fourth-order valence-electron chi connectivity index (χ4n) is 1.60. The molecule has 1 atom stereocenters. The van der Waals surface area contributed by atoms with Crippen molar-refractivity contribution < 1.29 is 9.47 Å². The van der Waals surface area contributed by atoms with Crippen molar-refractivity contribution in [3.05, 3.63) is 16.1 Å². The van der Waals surface area contributed by atoms with Crippen molar-refractivity contribution in [2.24, 2.45) is 0 Å². The molecule has 0 aromatic carbocycles. The summed E-state index contributed by atoms with van der Waals surface area (Å²) >= 11 is 1.77. The molecule has 0 aliphatic carbocycles. The minimum atomic E-state index is 0.201. The number of thiazole rings is 1. The lowest BCUT2D eigenvalue weighted by Gasteiger charge is -2.22. The highest BCUT2D eigenvalue weighted by atomic mass is 32.1. The van der Waals surface area contributed by atoms with Crippen molar-refractivity contribution in [3.63, 3.8) is 0 Å². The maximum Gasteiger partial charge on any atom is 0.0933 e. The molecule has 5 heteroatoms. The maximum absolute atomic E-state index is 5.54. The normalized spacial score (nSPS) is 21.2. The van der Waals surface area contributed by atoms with Gasteiger partial charge in [0.2, 0.25) is 0 Å². The molecule has 16 heavy (non-hydrogen) atoms. The number of hydrogen-bond donors (Lipinski definition) is 1. The van der Waals surface area contributed by atoms with Crippen molar-refractivity contribution in [3.8, 4) is 0 Å². The van der Waals surface area contributed by atoms with Gasteiger partial charge in [-0.2, -0.15) is 0 Å². The number of ether oxygens (including phenoxy) is 2. The fourth-order valence-corrected chi connectivity index (χ4v) is 2.44. The Morgan fingerprint density at radius 1 is 1.56 bits per heavy atom. The largest absolute Gasteiger partial charge is 0.376 e. The Morgan fingerprint density at radius 3 is 3.19 bits per heavy atom. The van der Waals surface area contributed by atoms with Gasteiger partial charge >= 0.3 is 0 Å². The van der Waals surface area contributed by atoms with Crippen LogP contribution in [0, 0.1) is 0 Å². The molecule has 1 aliphatic rings. The van der Waals surface area contributed by atoms with E-state index in [0.29, 0.717) is 13.2 Å². The van der Waals surface area contributed by atoms with Gasteiger partial charge in [0, 0.05) is 24.2 Å². The molecule has 2 heterocycles. The van der Waals surface area contributed by atoms with E-state index in [-0.39, 0.29) is 6.10 Å². The van der Waals surface area contributed by atoms with Gasteiger partial charge in [-0.15, -0.1) is 11.3 Å². The Morgan fingerprint density at radius 2 is 2.50 bits per heavy atom. The first-order valence-corrected chi connectivity index (χ1v) is 6.53. The van der Waals surface area contributed by atoms with Crippen LogP contribution in [0.2, 0.25) is 0 Å². The summed E-state index contributed by atoms with van der Waals surface area (Å²) in [5, 5.41) is 4.58. The summed E-state index contributed by atoms with van der Waals surface area (Å²) in [6, 6.07) is 0. The average molecular weight is 242 g/mol. The van der Waals surface area contributed by atoms with Crippen LogP contribution in [0.4, 0.5) is 0 Å². The third-order valence-electron chi connectivity index (χ3n) is 2.46. The second-order valence-electron chi connectivity index (χ2n) is 3.77. The van der Waals surface area contributed by atoms with E-state index in [4.69, 9.17) is 9.47 Å². The highest BCUT2D eigenvalue weighted by Gasteiger charge is 2.13. The lowest BCUT2D eigenvalue weighted by atomic mass is 10.3. The number of aromatic nitrogens is 1. The summed E-state index contributed by atoms with van der Waals surface area (Å²) in [4.78, 5) is 5.61. The van der Waals surface area contributed by atoms with Gasteiger partial charge < -0.3 is 14.8 Å². The standard InChI is InChI=1S/C11H18N2O2S/c1-2-11-13-7-10(16-11)6-12-5-9-8-14-3-4-15-9/h7,9,12H,2-6,8H2,1H3. The fraction of sp³-hybridized carbons (Fsp3) is 0.727. The number of aryl methyl sites for hydroxylation is 1. The van der Waals surface area contributed by atoms with E-state index in [1.54, 1.807) is 11.3 Å². The molecule has 0 radical (unpaired) electrons. The smallest absolute Gasteiger partial charge is 0.0933 e. The predicted octanol–water partition coefficient (Wildman–Crippen LogP) is 1.21. The molecule has 1 unspecified atom stereocenters. The van der Waals surface area contributed by atoms with E-state index in [1.165, 1.54) is 9.88 Å². The van der Waals surface area contributed by atoms with Gasteiger partial charge in [-0.1, -0.05) is 6.92 Å². The molecule has 1 aromatic heterocycles. The van der Waals surface area contributed by atoms with Gasteiger partial charge in [0.05, 0.1) is 30.9 Å². The van der Waals surface area contributed by atoms with E-state index < -0.39 is 0 Å². The molecule has 1 N–H and O–H groups in total. The zero-order valence-electron chi connectivity index (χ0n) is 9.57. The molecular weight excluding hydrogens is 224 g/mol. The van der Waals surface area contributed by atoms with Gasteiger partial charge in [-0.05, 0) is 6.42 Å². The van der Waals surface area contributed by atoms with Crippen molar-refractivity contribution in [1.29, 1.82) is 0 Å². The first-order valence-electron chi connectivity index (χ1n) is 5.72. The van der Waals surface area contributed by atoms with Gasteiger partial charge in [0.1, 0.15) is 0 Å². The van der Waals surface area contributed by atoms with Crippen molar-refractivity contribution in [2.75, 3.05) is 26.4 Å². The number of nitrogens with zero attached hydrogens (tertiary/aromatic N) is 1. The van der Waals surface area contributed by atoms with E-state index in [9.17, 15) is 0 Å². The van der Waals surface area contributed by atoms with Crippen molar-refractivity contribution in [2.45, 2.75) is 26.0 Å². The molecule has 1 aromatic rings. The zero-order chi connectivity index (χ0) is 11.2. The SMILES string of the molecule is CCc1ncc(CNCC2COCCO2)s1. The van der Waals surface area contributed by atoms with Gasteiger partial charge in [-0.3, -0.25) is 0 Å². The Balaban J connectivity index is 1.66. The van der Waals surface area contributed by atoms with Crippen LogP contribution in [0.3, 0.4) is 0 Å². The quantitative estimate of drug-likeness (QED) is 0.843. The van der Waals surface area contributed by atoms with E-state index in [0.717, 1.165) is 26.1 Å². The number of hydrogen-bond acceptors (Lipinski definition) is 5. The summed E-state index contributed by atoms with van der Waals surface area (Å²) in [6.07, 6.45) is 3.17. The Bertz CT molecular complexity index is 311. The maximum atomic E-state index is 5.54. The molecule has 0 amide bonds. The van der Waals surface area contributed by atoms with Crippen LogP contribution in [0.5, 0.6) is 0 Å². The molecular formula is C11H18N2O2S. The van der Waals surface area contributed by atoms with E-state index in [1.807, 2.05) is 6.20 Å². The first kappa shape index (κ1) is 12.0. The lowest BCUT2D eigenvalue weighted by Crippen LogP contribution is -2.37. The Labute approximate surface area is 100.0 Å². The van der Waals surface area contributed by atoms with Crippen LogP contribution in [-0.4, -0.2) is 37.5 Å². The molecule has 4 nitrogen and oxygen atoms in total. The van der Waals surface area contributed by atoms with Crippen LogP contribution in [-0.2, 0) is 22.4 Å². The molecule has 1 fully saturated rings. The minimum absolute atomic E-state index is 0.201. The summed E-state index contributed by atoms with van der Waals surface area (Å²) < 4.78 is 10.9. The van der Waals surface area contributed by atoms with Crippen LogP contribution in [0.1, 0.15) is 16.8 Å². The highest BCUT2D eigenvalue weighted by molar-refractivity contribution is 7.11.